The maximum Gasteiger partial charge on any atom is 0.352 e. The molecule has 0 atom stereocenters. The zero-order chi connectivity index (χ0) is 19.1. The predicted octanol–water partition coefficient (Wildman–Crippen LogP) is 3.60. The van der Waals surface area contributed by atoms with Crippen LogP contribution < -0.4 is 14.8 Å². The van der Waals surface area contributed by atoms with Gasteiger partial charge < -0.3 is 19.9 Å². The third-order valence-electron chi connectivity index (χ3n) is 3.33. The lowest BCUT2D eigenvalue weighted by atomic mass is 10.1. The minimum atomic E-state index is -1.24. The molecule has 0 unspecified atom stereocenters. The van der Waals surface area contributed by atoms with E-state index in [1.54, 1.807) is 12.1 Å². The Bertz CT molecular complexity index is 833. The lowest BCUT2D eigenvalue weighted by molar-refractivity contribution is -0.134. The van der Waals surface area contributed by atoms with E-state index in [0.717, 1.165) is 5.56 Å². The first-order valence-electron chi connectivity index (χ1n) is 7.67. The molecule has 2 N–H and O–H groups in total. The summed E-state index contributed by atoms with van der Waals surface area (Å²) < 4.78 is 11.8. The summed E-state index contributed by atoms with van der Waals surface area (Å²) in [5.41, 5.74) is 1.31. The highest BCUT2D eigenvalue weighted by Gasteiger charge is 2.14. The zero-order valence-electron chi connectivity index (χ0n) is 14.3. The smallest absolute Gasteiger partial charge is 0.352 e. The summed E-state index contributed by atoms with van der Waals surface area (Å²) >= 11 is 3.42. The molecule has 0 saturated carbocycles. The topological polar surface area (TPSA) is 84.9 Å². The molecule has 0 aliphatic carbocycles. The third kappa shape index (κ3) is 5.35. The van der Waals surface area contributed by atoms with Gasteiger partial charge in [0.15, 0.2) is 11.5 Å². The second-order valence-corrected chi connectivity index (χ2v) is 6.21. The molecule has 2 aromatic carbocycles. The number of carboxylic acids is 1. The summed E-state index contributed by atoms with van der Waals surface area (Å²) in [7, 11) is 1.50. The van der Waals surface area contributed by atoms with Gasteiger partial charge in [-0.1, -0.05) is 30.3 Å². The summed E-state index contributed by atoms with van der Waals surface area (Å²) in [5.74, 6) is -0.758. The van der Waals surface area contributed by atoms with Crippen LogP contribution in [0, 0.1) is 0 Å². The van der Waals surface area contributed by atoms with Gasteiger partial charge in [0, 0.05) is 6.92 Å². The van der Waals surface area contributed by atoms with Crippen LogP contribution in [-0.2, 0) is 16.2 Å². The van der Waals surface area contributed by atoms with Crippen LogP contribution in [0.3, 0.4) is 0 Å². The average Bonchev–Trinajstić information content (AvgIpc) is 2.60. The van der Waals surface area contributed by atoms with Crippen molar-refractivity contribution in [3.8, 4) is 11.5 Å². The van der Waals surface area contributed by atoms with Gasteiger partial charge in [-0.3, -0.25) is 4.79 Å². The van der Waals surface area contributed by atoms with Crippen LogP contribution in [0.4, 0.5) is 0 Å². The third-order valence-corrected chi connectivity index (χ3v) is 3.92. The van der Waals surface area contributed by atoms with Gasteiger partial charge in [-0.15, -0.1) is 0 Å². The number of amides is 1. The van der Waals surface area contributed by atoms with Gasteiger partial charge in [-0.05, 0) is 45.3 Å². The van der Waals surface area contributed by atoms with Crippen LogP contribution in [0.2, 0.25) is 0 Å². The van der Waals surface area contributed by atoms with Crippen molar-refractivity contribution in [1.29, 1.82) is 0 Å². The van der Waals surface area contributed by atoms with E-state index in [1.807, 2.05) is 30.3 Å². The molecule has 2 rings (SSSR count). The zero-order valence-corrected chi connectivity index (χ0v) is 15.9. The first-order chi connectivity index (χ1) is 12.4. The number of halogens is 1. The first-order valence-corrected chi connectivity index (χ1v) is 8.47. The molecule has 0 fully saturated rings. The van der Waals surface area contributed by atoms with Crippen LogP contribution in [-0.4, -0.2) is 24.1 Å². The van der Waals surface area contributed by atoms with Crippen LogP contribution in [0.5, 0.6) is 11.5 Å². The Kier molecular flexibility index (Phi) is 6.80. The van der Waals surface area contributed by atoms with Crippen molar-refractivity contribution in [2.24, 2.45) is 0 Å². The molecule has 0 bridgehead atoms. The fourth-order valence-corrected chi connectivity index (χ4v) is 2.77. The van der Waals surface area contributed by atoms with Crippen LogP contribution >= 0.6 is 15.9 Å². The summed E-state index contributed by atoms with van der Waals surface area (Å²) in [6, 6.07) is 13.0. The average molecular weight is 420 g/mol. The molecule has 6 nitrogen and oxygen atoms in total. The summed E-state index contributed by atoms with van der Waals surface area (Å²) in [6.45, 7) is 1.60. The summed E-state index contributed by atoms with van der Waals surface area (Å²) in [6.07, 6.45) is 1.35. The highest BCUT2D eigenvalue weighted by molar-refractivity contribution is 9.10. The normalized spacial score (nSPS) is 11.0. The first kappa shape index (κ1) is 19.5. The van der Waals surface area contributed by atoms with E-state index in [-0.39, 0.29) is 5.70 Å². The van der Waals surface area contributed by atoms with Crippen LogP contribution in [0.25, 0.3) is 6.08 Å². The van der Waals surface area contributed by atoms with Gasteiger partial charge in [0.1, 0.15) is 12.3 Å². The number of hydrogen-bond donors (Lipinski definition) is 2. The molecule has 0 radical (unpaired) electrons. The van der Waals surface area contributed by atoms with Crippen molar-refractivity contribution >= 4 is 33.9 Å². The molecule has 0 spiro atoms. The second-order valence-electron chi connectivity index (χ2n) is 5.35. The number of methoxy groups -OCH3 is 1. The molecule has 0 aromatic heterocycles. The van der Waals surface area contributed by atoms with Gasteiger partial charge in [-0.25, -0.2) is 4.79 Å². The predicted molar refractivity (Wildman–Crippen MR) is 101 cm³/mol. The Morgan fingerprint density at radius 2 is 1.92 bits per heavy atom. The Hall–Kier alpha value is -2.80. The second kappa shape index (κ2) is 9.05. The fraction of sp³-hybridized carbons (Fsp3) is 0.158. The van der Waals surface area contributed by atoms with E-state index in [1.165, 1.54) is 20.1 Å². The quantitative estimate of drug-likeness (QED) is 0.669. The fourth-order valence-electron chi connectivity index (χ4n) is 2.20. The van der Waals surface area contributed by atoms with Crippen molar-refractivity contribution in [3.05, 3.63) is 63.8 Å². The number of hydrogen-bond acceptors (Lipinski definition) is 4. The molecule has 26 heavy (non-hydrogen) atoms. The minimum Gasteiger partial charge on any atom is -0.493 e. The van der Waals surface area contributed by atoms with Crippen molar-refractivity contribution < 1.29 is 24.2 Å². The maximum absolute atomic E-state index is 11.3. The van der Waals surface area contributed by atoms with Gasteiger partial charge in [-0.2, -0.15) is 0 Å². The maximum atomic E-state index is 11.3. The molecule has 0 aliphatic heterocycles. The van der Waals surface area contributed by atoms with E-state index in [9.17, 15) is 14.7 Å². The minimum absolute atomic E-state index is 0.232. The number of carbonyl (C=O) groups is 2. The van der Waals surface area contributed by atoms with Gasteiger partial charge in [0.2, 0.25) is 5.91 Å². The molecule has 0 aliphatic rings. The number of carboxylic acid groups (broad SMARTS) is 1. The monoisotopic (exact) mass is 419 g/mol. The number of rotatable bonds is 7. The highest BCUT2D eigenvalue weighted by Crippen LogP contribution is 2.37. The SMILES string of the molecule is COc1cc(/C=C(/NC(C)=O)C(=O)O)cc(Br)c1OCc1ccccc1. The molecule has 0 heterocycles. The van der Waals surface area contributed by atoms with E-state index in [0.29, 0.717) is 28.1 Å². The Morgan fingerprint density at radius 3 is 2.50 bits per heavy atom. The van der Waals surface area contributed by atoms with Crippen LogP contribution in [0.15, 0.2) is 52.6 Å². The lowest BCUT2D eigenvalue weighted by Crippen LogP contribution is -2.24. The van der Waals surface area contributed by atoms with E-state index >= 15 is 0 Å². The van der Waals surface area contributed by atoms with Gasteiger partial charge in [0.05, 0.1) is 11.6 Å². The molecule has 7 heteroatoms. The van der Waals surface area contributed by atoms with E-state index in [4.69, 9.17) is 9.47 Å². The molecule has 2 aromatic rings. The van der Waals surface area contributed by atoms with Crippen molar-refractivity contribution in [3.63, 3.8) is 0 Å². The van der Waals surface area contributed by atoms with Gasteiger partial charge in [0.25, 0.3) is 0 Å². The van der Waals surface area contributed by atoms with E-state index < -0.39 is 11.9 Å². The van der Waals surface area contributed by atoms with Crippen LogP contribution in [0.1, 0.15) is 18.1 Å². The molecular formula is C19H18BrNO5. The molecule has 136 valence electrons. The number of benzene rings is 2. The van der Waals surface area contributed by atoms with Crippen molar-refractivity contribution in [2.75, 3.05) is 7.11 Å². The highest BCUT2D eigenvalue weighted by atomic mass is 79.9. The molecule has 1 amide bonds. The largest absolute Gasteiger partial charge is 0.493 e. The van der Waals surface area contributed by atoms with Gasteiger partial charge >= 0.3 is 5.97 Å². The standard InChI is InChI=1S/C19H18BrNO5/c1-12(22)21-16(19(23)24)9-14-8-15(20)18(17(10-14)25-2)26-11-13-6-4-3-5-7-13/h3-10H,11H2,1-2H3,(H,21,22)(H,23,24)/b16-9+. The molecular weight excluding hydrogens is 402 g/mol. The lowest BCUT2D eigenvalue weighted by Gasteiger charge is -2.14. The molecule has 0 saturated heterocycles. The number of carbonyl (C=O) groups excluding carboxylic acids is 1. The number of nitrogens with one attached hydrogen (secondary N) is 1. The van der Waals surface area contributed by atoms with Crippen molar-refractivity contribution in [2.45, 2.75) is 13.5 Å². The number of ether oxygens (including phenoxy) is 2. The van der Waals surface area contributed by atoms with Crippen molar-refractivity contribution in [1.82, 2.24) is 5.32 Å². The Balaban J connectivity index is 2.30. The van der Waals surface area contributed by atoms with E-state index in [2.05, 4.69) is 21.2 Å². The summed E-state index contributed by atoms with van der Waals surface area (Å²) in [5, 5.41) is 11.5. The Morgan fingerprint density at radius 1 is 1.23 bits per heavy atom. The summed E-state index contributed by atoms with van der Waals surface area (Å²) in [4.78, 5) is 22.4. The Labute approximate surface area is 159 Å². The number of aliphatic carboxylic acids is 1.